The molecule has 0 radical (unpaired) electrons. The van der Waals surface area contributed by atoms with E-state index in [-0.39, 0.29) is 24.9 Å². The second-order valence-corrected chi connectivity index (χ2v) is 6.38. The molecule has 3 aromatic rings. The molecule has 1 aliphatic rings. The number of carbonyl (C=O) groups excluding carboxylic acids is 1. The van der Waals surface area contributed by atoms with Crippen LogP contribution < -0.4 is 0 Å². The average Bonchev–Trinajstić information content (AvgIpc) is 3.36. The number of carbonyl (C=O) groups is 1. The minimum absolute atomic E-state index is 0.0593. The van der Waals surface area contributed by atoms with E-state index in [1.165, 1.54) is 12.1 Å². The molecule has 0 aliphatic heterocycles. The molecule has 0 spiro atoms. The third-order valence-electron chi connectivity index (χ3n) is 4.54. The van der Waals surface area contributed by atoms with Crippen molar-refractivity contribution < 1.29 is 13.6 Å². The van der Waals surface area contributed by atoms with Crippen molar-refractivity contribution in [1.82, 2.24) is 14.9 Å². The molecule has 2 aromatic heterocycles. The topological polar surface area (TPSA) is 49.0 Å². The number of nitrogens with one attached hydrogen (secondary N) is 1. The van der Waals surface area contributed by atoms with Gasteiger partial charge in [0, 0.05) is 42.0 Å². The molecule has 0 bridgehead atoms. The van der Waals surface area contributed by atoms with E-state index in [0.29, 0.717) is 5.56 Å². The van der Waals surface area contributed by atoms with E-state index in [0.717, 1.165) is 35.5 Å². The first-order chi connectivity index (χ1) is 12.1. The first-order valence-electron chi connectivity index (χ1n) is 8.26. The summed E-state index contributed by atoms with van der Waals surface area (Å²) in [6, 6.07) is 7.37. The third-order valence-corrected chi connectivity index (χ3v) is 4.54. The molecule has 1 aromatic carbocycles. The van der Waals surface area contributed by atoms with Gasteiger partial charge in [-0.2, -0.15) is 0 Å². The lowest BCUT2D eigenvalue weighted by atomic mass is 10.1. The fourth-order valence-corrected chi connectivity index (χ4v) is 3.06. The zero-order valence-corrected chi connectivity index (χ0v) is 13.5. The summed E-state index contributed by atoms with van der Waals surface area (Å²) in [4.78, 5) is 21.8. The van der Waals surface area contributed by atoms with Crippen LogP contribution in [0.2, 0.25) is 0 Å². The Labute approximate surface area is 143 Å². The zero-order chi connectivity index (χ0) is 17.4. The number of benzene rings is 1. The standard InChI is InChI=1S/C19H17F2N3O/c20-14-4-3-12(17(21)9-14)11-24(15-5-6-15)18(25)8-13-10-23-19-16(13)2-1-7-22-19/h1-4,7,9-10,15H,5-6,8,11H2,(H,22,23). The van der Waals surface area contributed by atoms with Crippen molar-refractivity contribution in [2.24, 2.45) is 0 Å². The maximum Gasteiger partial charge on any atom is 0.227 e. The molecule has 128 valence electrons. The summed E-state index contributed by atoms with van der Waals surface area (Å²) >= 11 is 0. The van der Waals surface area contributed by atoms with Crippen LogP contribution in [0.5, 0.6) is 0 Å². The summed E-state index contributed by atoms with van der Waals surface area (Å²) in [5, 5.41) is 0.916. The summed E-state index contributed by atoms with van der Waals surface area (Å²) in [5.41, 5.74) is 1.95. The number of fused-ring (bicyclic) bond motifs is 1. The lowest BCUT2D eigenvalue weighted by Gasteiger charge is -2.23. The Morgan fingerprint density at radius 3 is 2.84 bits per heavy atom. The van der Waals surface area contributed by atoms with Gasteiger partial charge in [0.05, 0.1) is 6.42 Å². The van der Waals surface area contributed by atoms with Gasteiger partial charge in [-0.05, 0) is 36.6 Å². The SMILES string of the molecule is O=C(Cc1c[nH]c2ncccc12)N(Cc1ccc(F)cc1F)C1CC1. The van der Waals surface area contributed by atoms with Gasteiger partial charge in [0.2, 0.25) is 5.91 Å². The monoisotopic (exact) mass is 341 g/mol. The van der Waals surface area contributed by atoms with Gasteiger partial charge in [-0.1, -0.05) is 6.07 Å². The van der Waals surface area contributed by atoms with E-state index in [9.17, 15) is 13.6 Å². The predicted molar refractivity (Wildman–Crippen MR) is 89.7 cm³/mol. The van der Waals surface area contributed by atoms with E-state index in [4.69, 9.17) is 0 Å². The molecule has 0 atom stereocenters. The Kier molecular flexibility index (Phi) is 3.95. The number of rotatable bonds is 5. The number of nitrogens with zero attached hydrogens (tertiary/aromatic N) is 2. The maximum atomic E-state index is 14.0. The highest BCUT2D eigenvalue weighted by molar-refractivity contribution is 5.87. The van der Waals surface area contributed by atoms with Crippen molar-refractivity contribution in [3.63, 3.8) is 0 Å². The number of halogens is 2. The highest BCUT2D eigenvalue weighted by Crippen LogP contribution is 2.30. The number of aromatic amines is 1. The molecular formula is C19H17F2N3O. The molecule has 0 saturated heterocycles. The van der Waals surface area contributed by atoms with Crippen LogP contribution in [0.1, 0.15) is 24.0 Å². The molecular weight excluding hydrogens is 324 g/mol. The van der Waals surface area contributed by atoms with Gasteiger partial charge in [-0.3, -0.25) is 4.79 Å². The smallest absolute Gasteiger partial charge is 0.227 e. The summed E-state index contributed by atoms with van der Waals surface area (Å²) in [5.74, 6) is -1.29. The number of hydrogen-bond donors (Lipinski definition) is 1. The van der Waals surface area contributed by atoms with Gasteiger partial charge in [-0.25, -0.2) is 13.8 Å². The largest absolute Gasteiger partial charge is 0.346 e. The Morgan fingerprint density at radius 2 is 2.08 bits per heavy atom. The molecule has 6 heteroatoms. The van der Waals surface area contributed by atoms with Crippen LogP contribution in [-0.4, -0.2) is 26.8 Å². The van der Waals surface area contributed by atoms with E-state index in [1.807, 2.05) is 12.1 Å². The highest BCUT2D eigenvalue weighted by Gasteiger charge is 2.33. The van der Waals surface area contributed by atoms with Crippen molar-refractivity contribution in [2.75, 3.05) is 0 Å². The average molecular weight is 341 g/mol. The Bertz CT molecular complexity index is 933. The van der Waals surface area contributed by atoms with Gasteiger partial charge < -0.3 is 9.88 Å². The highest BCUT2D eigenvalue weighted by atomic mass is 19.1. The Hall–Kier alpha value is -2.76. The van der Waals surface area contributed by atoms with Gasteiger partial charge in [0.15, 0.2) is 0 Å². The fourth-order valence-electron chi connectivity index (χ4n) is 3.06. The fraction of sp³-hybridized carbons (Fsp3) is 0.263. The summed E-state index contributed by atoms with van der Waals surface area (Å²) in [7, 11) is 0. The second-order valence-electron chi connectivity index (χ2n) is 6.38. The molecule has 1 aliphatic carbocycles. The predicted octanol–water partition coefficient (Wildman–Crippen LogP) is 3.57. The van der Waals surface area contributed by atoms with Crippen molar-refractivity contribution >= 4 is 16.9 Å². The molecule has 25 heavy (non-hydrogen) atoms. The van der Waals surface area contributed by atoms with Crippen molar-refractivity contribution in [1.29, 1.82) is 0 Å². The van der Waals surface area contributed by atoms with Crippen molar-refractivity contribution in [2.45, 2.75) is 31.8 Å². The number of pyridine rings is 1. The first-order valence-corrected chi connectivity index (χ1v) is 8.26. The first kappa shape index (κ1) is 15.7. The van der Waals surface area contributed by atoms with Gasteiger partial charge in [0.1, 0.15) is 17.3 Å². The van der Waals surface area contributed by atoms with E-state index in [2.05, 4.69) is 9.97 Å². The van der Waals surface area contributed by atoms with E-state index in [1.54, 1.807) is 17.3 Å². The van der Waals surface area contributed by atoms with Crippen LogP contribution in [-0.2, 0) is 17.8 Å². The van der Waals surface area contributed by atoms with Crippen LogP contribution in [0.3, 0.4) is 0 Å². The van der Waals surface area contributed by atoms with Crippen LogP contribution >= 0.6 is 0 Å². The minimum atomic E-state index is -0.616. The molecule has 1 fully saturated rings. The lowest BCUT2D eigenvalue weighted by molar-refractivity contribution is -0.131. The zero-order valence-electron chi connectivity index (χ0n) is 13.5. The summed E-state index contributed by atoms with van der Waals surface area (Å²) in [6.07, 6.45) is 5.55. The van der Waals surface area contributed by atoms with Crippen LogP contribution in [0, 0.1) is 11.6 Å². The summed E-state index contributed by atoms with van der Waals surface area (Å²) in [6.45, 7) is 0.163. The number of aromatic nitrogens is 2. The molecule has 4 rings (SSSR count). The van der Waals surface area contributed by atoms with Gasteiger partial charge in [-0.15, -0.1) is 0 Å². The maximum absolute atomic E-state index is 14.0. The Balaban J connectivity index is 1.55. The quantitative estimate of drug-likeness (QED) is 0.771. The second kappa shape index (κ2) is 6.27. The molecule has 0 unspecified atom stereocenters. The van der Waals surface area contributed by atoms with E-state index >= 15 is 0 Å². The number of hydrogen-bond acceptors (Lipinski definition) is 2. The molecule has 2 heterocycles. The van der Waals surface area contributed by atoms with Gasteiger partial charge >= 0.3 is 0 Å². The number of H-pyrrole nitrogens is 1. The van der Waals surface area contributed by atoms with Crippen LogP contribution in [0.25, 0.3) is 11.0 Å². The molecule has 1 amide bonds. The van der Waals surface area contributed by atoms with Crippen molar-refractivity contribution in [3.8, 4) is 0 Å². The number of amides is 1. The normalized spacial score (nSPS) is 14.0. The molecule has 1 N–H and O–H groups in total. The summed E-state index contributed by atoms with van der Waals surface area (Å²) < 4.78 is 27.0. The van der Waals surface area contributed by atoms with Crippen LogP contribution in [0.15, 0.2) is 42.7 Å². The third kappa shape index (κ3) is 3.24. The molecule has 1 saturated carbocycles. The minimum Gasteiger partial charge on any atom is -0.346 e. The van der Waals surface area contributed by atoms with Crippen molar-refractivity contribution in [3.05, 3.63) is 65.5 Å². The Morgan fingerprint density at radius 1 is 1.24 bits per heavy atom. The molecule has 4 nitrogen and oxygen atoms in total. The lowest BCUT2D eigenvalue weighted by Crippen LogP contribution is -2.34. The van der Waals surface area contributed by atoms with Crippen LogP contribution in [0.4, 0.5) is 8.78 Å². The van der Waals surface area contributed by atoms with E-state index < -0.39 is 11.6 Å². The van der Waals surface area contributed by atoms with Gasteiger partial charge in [0.25, 0.3) is 0 Å².